The quantitative estimate of drug-likeness (QED) is 0.756. The number of hydrogen-bond acceptors (Lipinski definition) is 3. The van der Waals surface area contributed by atoms with Gasteiger partial charge in [0.15, 0.2) is 0 Å². The first-order chi connectivity index (χ1) is 7.54. The molecule has 0 aliphatic carbocycles. The van der Waals surface area contributed by atoms with Crippen molar-refractivity contribution in [3.05, 3.63) is 28.5 Å². The summed E-state index contributed by atoms with van der Waals surface area (Å²) in [6.45, 7) is 2.19. The molecule has 1 aromatic rings. The molecule has 0 fully saturated rings. The van der Waals surface area contributed by atoms with E-state index in [1.165, 1.54) is 11.0 Å². The van der Waals surface area contributed by atoms with Crippen LogP contribution in [0.1, 0.15) is 22.5 Å². The monoisotopic (exact) mass is 237 g/mol. The first-order valence-electron chi connectivity index (χ1n) is 4.81. The minimum absolute atomic E-state index is 0.150. The smallest absolute Gasteiger partial charge is 0.253 e. The highest BCUT2D eigenvalue weighted by Gasteiger charge is 2.12. The molecular formula is C11H12ClN3O. The SMILES string of the molecule is Cc1cc(C(=O)N(C)CCC#N)cc(Cl)n1. The number of aromatic nitrogens is 1. The van der Waals surface area contributed by atoms with E-state index in [9.17, 15) is 4.79 Å². The van der Waals surface area contributed by atoms with Crippen LogP contribution in [0.4, 0.5) is 0 Å². The van der Waals surface area contributed by atoms with Gasteiger partial charge in [-0.25, -0.2) is 4.98 Å². The second-order valence-corrected chi connectivity index (χ2v) is 3.84. The van der Waals surface area contributed by atoms with Crippen molar-refractivity contribution in [3.8, 4) is 6.07 Å². The number of pyridine rings is 1. The highest BCUT2D eigenvalue weighted by molar-refractivity contribution is 6.29. The van der Waals surface area contributed by atoms with Crippen LogP contribution in [0.3, 0.4) is 0 Å². The van der Waals surface area contributed by atoms with Gasteiger partial charge in [-0.05, 0) is 19.1 Å². The van der Waals surface area contributed by atoms with Crippen LogP contribution in [0.2, 0.25) is 5.15 Å². The minimum atomic E-state index is -0.150. The molecule has 1 amide bonds. The molecule has 1 heterocycles. The van der Waals surface area contributed by atoms with Gasteiger partial charge in [-0.1, -0.05) is 11.6 Å². The highest BCUT2D eigenvalue weighted by atomic mass is 35.5. The molecule has 0 aliphatic rings. The summed E-state index contributed by atoms with van der Waals surface area (Å²) in [5.74, 6) is -0.150. The zero-order chi connectivity index (χ0) is 12.1. The standard InChI is InChI=1S/C11H12ClN3O/c1-8-6-9(7-10(12)14-8)11(16)15(2)5-3-4-13/h6-7H,3,5H2,1-2H3. The van der Waals surface area contributed by atoms with Crippen LogP contribution in [0.5, 0.6) is 0 Å². The Labute approximate surface area is 99.5 Å². The maximum absolute atomic E-state index is 11.9. The molecule has 16 heavy (non-hydrogen) atoms. The largest absolute Gasteiger partial charge is 0.341 e. The number of aryl methyl sites for hydroxylation is 1. The molecule has 84 valence electrons. The van der Waals surface area contributed by atoms with Gasteiger partial charge < -0.3 is 4.90 Å². The van der Waals surface area contributed by atoms with E-state index < -0.39 is 0 Å². The second kappa shape index (κ2) is 5.47. The lowest BCUT2D eigenvalue weighted by Crippen LogP contribution is -2.27. The summed E-state index contributed by atoms with van der Waals surface area (Å²) in [5.41, 5.74) is 1.20. The molecule has 4 nitrogen and oxygen atoms in total. The van der Waals surface area contributed by atoms with Crippen LogP contribution in [0.25, 0.3) is 0 Å². The van der Waals surface area contributed by atoms with Gasteiger partial charge in [0.2, 0.25) is 0 Å². The molecule has 0 atom stereocenters. The molecule has 0 saturated heterocycles. The summed E-state index contributed by atoms with van der Waals surface area (Å²) in [6, 6.07) is 5.20. The van der Waals surface area contributed by atoms with Crippen molar-refractivity contribution in [2.24, 2.45) is 0 Å². The summed E-state index contributed by atoms with van der Waals surface area (Å²) in [7, 11) is 1.66. The zero-order valence-corrected chi connectivity index (χ0v) is 9.95. The molecule has 0 bridgehead atoms. The van der Waals surface area contributed by atoms with Crippen molar-refractivity contribution in [1.82, 2.24) is 9.88 Å². The first-order valence-corrected chi connectivity index (χ1v) is 5.19. The fourth-order valence-corrected chi connectivity index (χ4v) is 1.54. The Morgan fingerprint density at radius 2 is 2.31 bits per heavy atom. The van der Waals surface area contributed by atoms with Crippen molar-refractivity contribution >= 4 is 17.5 Å². The lowest BCUT2D eigenvalue weighted by Gasteiger charge is -2.15. The lowest BCUT2D eigenvalue weighted by atomic mass is 10.2. The number of halogens is 1. The normalized spacial score (nSPS) is 9.62. The van der Waals surface area contributed by atoms with Gasteiger partial charge >= 0.3 is 0 Å². The van der Waals surface area contributed by atoms with E-state index in [0.717, 1.165) is 0 Å². The molecule has 0 radical (unpaired) electrons. The molecule has 0 unspecified atom stereocenters. The van der Waals surface area contributed by atoms with E-state index in [4.69, 9.17) is 16.9 Å². The number of nitriles is 1. The average Bonchev–Trinajstić information content (AvgIpc) is 2.23. The maximum Gasteiger partial charge on any atom is 0.253 e. The van der Waals surface area contributed by atoms with Gasteiger partial charge in [0.05, 0.1) is 12.5 Å². The highest BCUT2D eigenvalue weighted by Crippen LogP contribution is 2.12. The van der Waals surface area contributed by atoms with E-state index in [1.807, 2.05) is 6.07 Å². The third kappa shape index (κ3) is 3.21. The van der Waals surface area contributed by atoms with E-state index >= 15 is 0 Å². The van der Waals surface area contributed by atoms with E-state index in [2.05, 4.69) is 4.98 Å². The molecule has 0 spiro atoms. The van der Waals surface area contributed by atoms with Gasteiger partial charge in [-0.3, -0.25) is 4.79 Å². The van der Waals surface area contributed by atoms with E-state index in [1.54, 1.807) is 20.0 Å². The molecule has 0 aromatic carbocycles. The van der Waals surface area contributed by atoms with Crippen molar-refractivity contribution in [2.45, 2.75) is 13.3 Å². The summed E-state index contributed by atoms with van der Waals surface area (Å²) < 4.78 is 0. The average molecular weight is 238 g/mol. The van der Waals surface area contributed by atoms with Gasteiger partial charge in [-0.2, -0.15) is 5.26 Å². The number of amides is 1. The Balaban J connectivity index is 2.84. The Kier molecular flexibility index (Phi) is 4.27. The Bertz CT molecular complexity index is 419. The molecule has 0 N–H and O–H groups in total. The van der Waals surface area contributed by atoms with Crippen molar-refractivity contribution in [3.63, 3.8) is 0 Å². The first kappa shape index (κ1) is 12.5. The predicted octanol–water partition coefficient (Wildman–Crippen LogP) is 2.03. The van der Waals surface area contributed by atoms with Gasteiger partial charge in [0.1, 0.15) is 5.15 Å². The number of carbonyl (C=O) groups excluding carboxylic acids is 1. The van der Waals surface area contributed by atoms with Crippen LogP contribution in [-0.4, -0.2) is 29.4 Å². The summed E-state index contributed by atoms with van der Waals surface area (Å²) >= 11 is 5.77. The fraction of sp³-hybridized carbons (Fsp3) is 0.364. The minimum Gasteiger partial charge on any atom is -0.341 e. The molecular weight excluding hydrogens is 226 g/mol. The van der Waals surface area contributed by atoms with Gasteiger partial charge in [0, 0.05) is 24.8 Å². The summed E-state index contributed by atoms with van der Waals surface area (Å²) in [6.07, 6.45) is 0.319. The molecule has 0 saturated carbocycles. The second-order valence-electron chi connectivity index (χ2n) is 3.45. The summed E-state index contributed by atoms with van der Waals surface area (Å²) in [4.78, 5) is 17.4. The Hall–Kier alpha value is -1.60. The van der Waals surface area contributed by atoms with Crippen LogP contribution in [-0.2, 0) is 0 Å². The van der Waals surface area contributed by atoms with Crippen LogP contribution < -0.4 is 0 Å². The third-order valence-electron chi connectivity index (χ3n) is 2.07. The predicted molar refractivity (Wildman–Crippen MR) is 61.2 cm³/mol. The molecule has 1 aromatic heterocycles. The number of rotatable bonds is 3. The molecule has 0 aliphatic heterocycles. The molecule has 1 rings (SSSR count). The Morgan fingerprint density at radius 1 is 1.62 bits per heavy atom. The zero-order valence-electron chi connectivity index (χ0n) is 9.20. The summed E-state index contributed by atoms with van der Waals surface area (Å²) in [5, 5.41) is 8.74. The third-order valence-corrected chi connectivity index (χ3v) is 2.27. The number of nitrogens with zero attached hydrogens (tertiary/aromatic N) is 3. The van der Waals surface area contributed by atoms with E-state index in [0.29, 0.717) is 29.4 Å². The van der Waals surface area contributed by atoms with Crippen LogP contribution in [0, 0.1) is 18.3 Å². The topological polar surface area (TPSA) is 57.0 Å². The van der Waals surface area contributed by atoms with Crippen LogP contribution in [0.15, 0.2) is 12.1 Å². The van der Waals surface area contributed by atoms with Gasteiger partial charge in [0.25, 0.3) is 5.91 Å². The number of hydrogen-bond donors (Lipinski definition) is 0. The van der Waals surface area contributed by atoms with Crippen molar-refractivity contribution < 1.29 is 4.79 Å². The van der Waals surface area contributed by atoms with E-state index in [-0.39, 0.29) is 5.91 Å². The van der Waals surface area contributed by atoms with Crippen LogP contribution >= 0.6 is 11.6 Å². The Morgan fingerprint density at radius 3 is 2.88 bits per heavy atom. The number of carbonyl (C=O) groups is 1. The van der Waals surface area contributed by atoms with Crippen molar-refractivity contribution in [2.75, 3.05) is 13.6 Å². The van der Waals surface area contributed by atoms with Gasteiger partial charge in [-0.15, -0.1) is 0 Å². The van der Waals surface area contributed by atoms with Crippen molar-refractivity contribution in [1.29, 1.82) is 5.26 Å². The lowest BCUT2D eigenvalue weighted by molar-refractivity contribution is 0.0798. The molecule has 5 heteroatoms. The fourth-order valence-electron chi connectivity index (χ4n) is 1.29. The maximum atomic E-state index is 11.9.